The van der Waals surface area contributed by atoms with Crippen molar-refractivity contribution >= 4 is 5.69 Å². The van der Waals surface area contributed by atoms with Crippen LogP contribution in [0.3, 0.4) is 0 Å². The fraction of sp³-hybridized carbons (Fsp3) is 0.429. The molecule has 9 heteroatoms. The Morgan fingerprint density at radius 3 is 2.63 bits per heavy atom. The van der Waals surface area contributed by atoms with E-state index in [2.05, 4.69) is 15.9 Å². The van der Waals surface area contributed by atoms with Crippen LogP contribution in [0.5, 0.6) is 17.2 Å². The lowest BCUT2D eigenvalue weighted by Gasteiger charge is -2.35. The number of rotatable bonds is 8. The van der Waals surface area contributed by atoms with Gasteiger partial charge in [0.15, 0.2) is 11.5 Å². The fourth-order valence-corrected chi connectivity index (χ4v) is 3.66. The SMILES string of the molecule is O=[N+]([O-])c1cccc(OC[C@@H](O)CN2CCN(Cc3ccc4c(c3)OCO4)CC2)c1. The molecule has 2 aliphatic rings. The van der Waals surface area contributed by atoms with Crippen LogP contribution in [0.2, 0.25) is 0 Å². The third kappa shape index (κ3) is 5.18. The van der Waals surface area contributed by atoms with Crippen molar-refractivity contribution in [2.75, 3.05) is 46.1 Å². The van der Waals surface area contributed by atoms with Gasteiger partial charge in [-0.2, -0.15) is 0 Å². The first-order valence-corrected chi connectivity index (χ1v) is 9.95. The van der Waals surface area contributed by atoms with Gasteiger partial charge in [0.2, 0.25) is 6.79 Å². The first-order chi connectivity index (χ1) is 14.6. The lowest BCUT2D eigenvalue weighted by molar-refractivity contribution is -0.384. The van der Waals surface area contributed by atoms with Crippen molar-refractivity contribution < 1.29 is 24.2 Å². The highest BCUT2D eigenvalue weighted by Crippen LogP contribution is 2.32. The third-order valence-electron chi connectivity index (χ3n) is 5.25. The summed E-state index contributed by atoms with van der Waals surface area (Å²) >= 11 is 0. The van der Waals surface area contributed by atoms with Crippen LogP contribution in [-0.4, -0.2) is 72.1 Å². The Balaban J connectivity index is 1.19. The van der Waals surface area contributed by atoms with E-state index in [-0.39, 0.29) is 19.1 Å². The summed E-state index contributed by atoms with van der Waals surface area (Å²) in [5, 5.41) is 21.1. The second kappa shape index (κ2) is 9.29. The molecule has 2 aromatic carbocycles. The first kappa shape index (κ1) is 20.4. The van der Waals surface area contributed by atoms with Crippen molar-refractivity contribution in [2.24, 2.45) is 0 Å². The predicted molar refractivity (Wildman–Crippen MR) is 109 cm³/mol. The highest BCUT2D eigenvalue weighted by Gasteiger charge is 2.21. The predicted octanol–water partition coefficient (Wildman–Crippen LogP) is 1.88. The Labute approximate surface area is 174 Å². The van der Waals surface area contributed by atoms with Crippen molar-refractivity contribution in [3.8, 4) is 17.2 Å². The normalized spacial score (nSPS) is 17.6. The van der Waals surface area contributed by atoms with Gasteiger partial charge in [-0.25, -0.2) is 0 Å². The minimum atomic E-state index is -0.662. The maximum atomic E-state index is 10.8. The van der Waals surface area contributed by atoms with Crippen LogP contribution in [0.15, 0.2) is 42.5 Å². The van der Waals surface area contributed by atoms with Crippen molar-refractivity contribution in [2.45, 2.75) is 12.6 Å². The van der Waals surface area contributed by atoms with E-state index in [0.717, 1.165) is 44.2 Å². The van der Waals surface area contributed by atoms with Crippen LogP contribution >= 0.6 is 0 Å². The summed E-state index contributed by atoms with van der Waals surface area (Å²) in [4.78, 5) is 14.9. The van der Waals surface area contributed by atoms with Gasteiger partial charge in [-0.05, 0) is 23.8 Å². The second-order valence-electron chi connectivity index (χ2n) is 7.48. The lowest BCUT2D eigenvalue weighted by atomic mass is 10.1. The number of non-ortho nitro benzene ring substituents is 1. The van der Waals surface area contributed by atoms with Gasteiger partial charge in [0.05, 0.1) is 11.0 Å². The molecule has 2 aromatic rings. The van der Waals surface area contributed by atoms with Crippen LogP contribution in [0.1, 0.15) is 5.56 Å². The molecule has 160 valence electrons. The first-order valence-electron chi connectivity index (χ1n) is 9.95. The molecule has 0 radical (unpaired) electrons. The van der Waals surface area contributed by atoms with E-state index in [1.54, 1.807) is 12.1 Å². The molecule has 0 amide bonds. The van der Waals surface area contributed by atoms with Crippen LogP contribution in [-0.2, 0) is 6.54 Å². The molecule has 0 aromatic heterocycles. The van der Waals surface area contributed by atoms with E-state index >= 15 is 0 Å². The number of piperazine rings is 1. The number of nitrogens with zero attached hydrogens (tertiary/aromatic N) is 3. The zero-order valence-electron chi connectivity index (χ0n) is 16.6. The molecule has 1 saturated heterocycles. The van der Waals surface area contributed by atoms with Crippen LogP contribution in [0.4, 0.5) is 5.69 Å². The molecule has 0 bridgehead atoms. The number of hydrogen-bond acceptors (Lipinski definition) is 8. The van der Waals surface area contributed by atoms with Crippen LogP contribution < -0.4 is 14.2 Å². The van der Waals surface area contributed by atoms with Gasteiger partial charge in [-0.15, -0.1) is 0 Å². The Morgan fingerprint density at radius 1 is 1.07 bits per heavy atom. The average molecular weight is 415 g/mol. The summed E-state index contributed by atoms with van der Waals surface area (Å²) in [7, 11) is 0. The fourth-order valence-electron chi connectivity index (χ4n) is 3.66. The molecule has 30 heavy (non-hydrogen) atoms. The van der Waals surface area contributed by atoms with Gasteiger partial charge in [0.25, 0.3) is 5.69 Å². The molecule has 9 nitrogen and oxygen atoms in total. The van der Waals surface area contributed by atoms with Crippen molar-refractivity contribution in [3.05, 3.63) is 58.1 Å². The van der Waals surface area contributed by atoms with E-state index in [9.17, 15) is 15.2 Å². The highest BCUT2D eigenvalue weighted by atomic mass is 16.7. The number of aliphatic hydroxyl groups is 1. The molecule has 0 saturated carbocycles. The average Bonchev–Trinajstić information content (AvgIpc) is 3.22. The Bertz CT molecular complexity index is 885. The molecular weight excluding hydrogens is 390 g/mol. The maximum absolute atomic E-state index is 10.8. The summed E-state index contributed by atoms with van der Waals surface area (Å²) in [6, 6.07) is 12.0. The van der Waals surface area contributed by atoms with Gasteiger partial charge in [-0.3, -0.25) is 19.9 Å². The standard InChI is InChI=1S/C21H25N3O6/c25-18(14-28-19-3-1-2-17(11-19)24(26)27)13-23-8-6-22(7-9-23)12-16-4-5-20-21(10-16)30-15-29-20/h1-5,10-11,18,25H,6-9,12-15H2/t18-/m0/s1. The molecular formula is C21H25N3O6. The Hall–Kier alpha value is -2.88. The van der Waals surface area contributed by atoms with Crippen molar-refractivity contribution in [1.82, 2.24) is 9.80 Å². The van der Waals surface area contributed by atoms with E-state index in [1.807, 2.05) is 12.1 Å². The Morgan fingerprint density at radius 2 is 1.83 bits per heavy atom. The molecule has 4 rings (SSSR count). The molecule has 2 heterocycles. The summed E-state index contributed by atoms with van der Waals surface area (Å²) < 4.78 is 16.3. The number of fused-ring (bicyclic) bond motifs is 1. The second-order valence-corrected chi connectivity index (χ2v) is 7.48. The van der Waals surface area contributed by atoms with Gasteiger partial charge < -0.3 is 19.3 Å². The molecule has 1 fully saturated rings. The quantitative estimate of drug-likeness (QED) is 0.516. The topological polar surface area (TPSA) is 97.5 Å². The molecule has 2 aliphatic heterocycles. The van der Waals surface area contributed by atoms with E-state index in [4.69, 9.17) is 14.2 Å². The largest absolute Gasteiger partial charge is 0.491 e. The number of aliphatic hydroxyl groups excluding tert-OH is 1. The number of nitro benzene ring substituents is 1. The summed E-state index contributed by atoms with van der Waals surface area (Å²) in [5.74, 6) is 1.99. The molecule has 0 unspecified atom stereocenters. The van der Waals surface area contributed by atoms with E-state index < -0.39 is 11.0 Å². The van der Waals surface area contributed by atoms with Gasteiger partial charge in [-0.1, -0.05) is 12.1 Å². The van der Waals surface area contributed by atoms with E-state index in [0.29, 0.717) is 12.3 Å². The minimum absolute atomic E-state index is 0.0272. The van der Waals surface area contributed by atoms with E-state index in [1.165, 1.54) is 17.7 Å². The third-order valence-corrected chi connectivity index (χ3v) is 5.25. The van der Waals surface area contributed by atoms with Crippen LogP contribution in [0, 0.1) is 10.1 Å². The highest BCUT2D eigenvalue weighted by molar-refractivity contribution is 5.44. The zero-order valence-corrected chi connectivity index (χ0v) is 16.6. The van der Waals surface area contributed by atoms with Gasteiger partial charge in [0, 0.05) is 45.3 Å². The Kier molecular flexibility index (Phi) is 6.32. The van der Waals surface area contributed by atoms with Gasteiger partial charge >= 0.3 is 0 Å². The number of benzene rings is 2. The summed E-state index contributed by atoms with van der Waals surface area (Å²) in [6.45, 7) is 5.27. The zero-order chi connectivity index (χ0) is 20.9. The van der Waals surface area contributed by atoms with Crippen molar-refractivity contribution in [3.63, 3.8) is 0 Å². The number of β-amino-alcohol motifs (C(OH)–C–C–N with tert-alkyl or cyclic N) is 1. The van der Waals surface area contributed by atoms with Gasteiger partial charge in [0.1, 0.15) is 18.5 Å². The smallest absolute Gasteiger partial charge is 0.273 e. The summed E-state index contributed by atoms with van der Waals surface area (Å²) in [6.07, 6.45) is -0.662. The maximum Gasteiger partial charge on any atom is 0.273 e. The molecule has 1 atom stereocenters. The monoisotopic (exact) mass is 415 g/mol. The minimum Gasteiger partial charge on any atom is -0.491 e. The molecule has 1 N–H and O–H groups in total. The van der Waals surface area contributed by atoms with Crippen molar-refractivity contribution in [1.29, 1.82) is 0 Å². The molecule has 0 spiro atoms. The number of nitro groups is 1. The lowest BCUT2D eigenvalue weighted by Crippen LogP contribution is -2.48. The summed E-state index contributed by atoms with van der Waals surface area (Å²) in [5.41, 5.74) is 1.17. The molecule has 0 aliphatic carbocycles. The van der Waals surface area contributed by atoms with Crippen LogP contribution in [0.25, 0.3) is 0 Å². The number of hydrogen-bond donors (Lipinski definition) is 1. The number of ether oxygens (including phenoxy) is 3.